The fourth-order valence-corrected chi connectivity index (χ4v) is 3.09. The lowest BCUT2D eigenvalue weighted by Crippen LogP contribution is -2.42. The molecule has 3 rings (SSSR count). The van der Waals surface area contributed by atoms with Crippen molar-refractivity contribution in [2.24, 2.45) is 5.92 Å². The number of ether oxygens (including phenoxy) is 1. The molecule has 1 aliphatic carbocycles. The molecule has 2 aromatic rings. The Morgan fingerprint density at radius 2 is 2.04 bits per heavy atom. The van der Waals surface area contributed by atoms with Gasteiger partial charge in [0.2, 0.25) is 0 Å². The first kappa shape index (κ1) is 15.5. The second-order valence-corrected chi connectivity index (χ2v) is 6.42. The van der Waals surface area contributed by atoms with Crippen LogP contribution in [0.5, 0.6) is 5.75 Å². The van der Waals surface area contributed by atoms with Crippen LogP contribution in [-0.4, -0.2) is 35.1 Å². The molecule has 1 aromatic heterocycles. The van der Waals surface area contributed by atoms with Crippen LogP contribution in [-0.2, 0) is 4.79 Å². The summed E-state index contributed by atoms with van der Waals surface area (Å²) in [7, 11) is 1.60. The maximum atomic E-state index is 12.2. The Hall–Kier alpha value is -2.41. The smallest absolute Gasteiger partial charge is 0.326 e. The van der Waals surface area contributed by atoms with E-state index < -0.39 is 12.0 Å². The Kier molecular flexibility index (Phi) is 4.29. The van der Waals surface area contributed by atoms with Gasteiger partial charge in [0, 0.05) is 5.56 Å². The van der Waals surface area contributed by atoms with Crippen molar-refractivity contribution in [3.8, 4) is 16.3 Å². The van der Waals surface area contributed by atoms with Crippen LogP contribution in [0, 0.1) is 5.92 Å². The molecule has 1 unspecified atom stereocenters. The molecule has 1 heterocycles. The van der Waals surface area contributed by atoms with Crippen molar-refractivity contribution in [3.05, 3.63) is 35.3 Å². The number of carboxylic acid groups (broad SMARTS) is 1. The zero-order chi connectivity index (χ0) is 16.4. The number of hydrogen-bond donors (Lipinski definition) is 2. The number of rotatable bonds is 6. The number of nitrogens with one attached hydrogen (secondary N) is 1. The molecule has 6 nitrogen and oxygen atoms in total. The molecule has 1 saturated carbocycles. The van der Waals surface area contributed by atoms with Gasteiger partial charge in [0.25, 0.3) is 5.91 Å². The van der Waals surface area contributed by atoms with Gasteiger partial charge in [-0.2, -0.15) is 0 Å². The minimum Gasteiger partial charge on any atom is -0.497 e. The Balaban J connectivity index is 1.72. The predicted octanol–water partition coefficient (Wildman–Crippen LogP) is 2.41. The van der Waals surface area contributed by atoms with E-state index in [2.05, 4.69) is 10.3 Å². The third kappa shape index (κ3) is 3.50. The van der Waals surface area contributed by atoms with E-state index in [0.717, 1.165) is 24.2 Å². The highest BCUT2D eigenvalue weighted by Crippen LogP contribution is 2.33. The first-order valence-electron chi connectivity index (χ1n) is 7.22. The summed E-state index contributed by atoms with van der Waals surface area (Å²) < 4.78 is 5.11. The molecule has 0 bridgehead atoms. The molecule has 1 amide bonds. The number of hydrogen-bond acceptors (Lipinski definition) is 5. The third-order valence-electron chi connectivity index (χ3n) is 3.71. The lowest BCUT2D eigenvalue weighted by Gasteiger charge is -2.12. The predicted molar refractivity (Wildman–Crippen MR) is 85.7 cm³/mol. The number of benzene rings is 1. The number of aromatic nitrogens is 1. The van der Waals surface area contributed by atoms with Crippen LogP contribution < -0.4 is 10.1 Å². The van der Waals surface area contributed by atoms with Crippen molar-refractivity contribution in [1.82, 2.24) is 10.3 Å². The van der Waals surface area contributed by atoms with E-state index in [1.807, 2.05) is 24.3 Å². The number of methoxy groups -OCH3 is 1. The number of carbonyl (C=O) groups excluding carboxylic acids is 1. The fourth-order valence-electron chi connectivity index (χ4n) is 2.27. The average molecular weight is 332 g/mol. The van der Waals surface area contributed by atoms with Gasteiger partial charge < -0.3 is 15.2 Å². The standard InChI is InChI=1S/C16H16N2O4S/c1-22-11-6-4-10(5-7-11)15-17-8-12(23-15)14(19)18-13(16(20)21)9-2-3-9/h4-9,13H,2-3H2,1H3,(H,18,19)(H,20,21). The van der Waals surface area contributed by atoms with Crippen molar-refractivity contribution in [2.45, 2.75) is 18.9 Å². The Labute approximate surface area is 137 Å². The molecule has 0 spiro atoms. The second kappa shape index (κ2) is 6.37. The van der Waals surface area contributed by atoms with Crippen molar-refractivity contribution >= 4 is 23.2 Å². The highest BCUT2D eigenvalue weighted by atomic mass is 32.1. The molecule has 1 atom stereocenters. The van der Waals surface area contributed by atoms with Crippen LogP contribution in [0.3, 0.4) is 0 Å². The maximum absolute atomic E-state index is 12.2. The monoisotopic (exact) mass is 332 g/mol. The second-order valence-electron chi connectivity index (χ2n) is 5.38. The molecule has 0 aliphatic heterocycles. The van der Waals surface area contributed by atoms with E-state index >= 15 is 0 Å². The van der Waals surface area contributed by atoms with Crippen molar-refractivity contribution in [3.63, 3.8) is 0 Å². The topological polar surface area (TPSA) is 88.5 Å². The first-order valence-corrected chi connectivity index (χ1v) is 8.04. The van der Waals surface area contributed by atoms with Gasteiger partial charge in [-0.05, 0) is 43.0 Å². The van der Waals surface area contributed by atoms with Crippen LogP contribution in [0.2, 0.25) is 0 Å². The summed E-state index contributed by atoms with van der Waals surface area (Å²) >= 11 is 1.24. The van der Waals surface area contributed by atoms with Gasteiger partial charge in [0.05, 0.1) is 13.3 Å². The number of amides is 1. The zero-order valence-electron chi connectivity index (χ0n) is 12.5. The van der Waals surface area contributed by atoms with E-state index in [9.17, 15) is 14.7 Å². The van der Waals surface area contributed by atoms with Crippen molar-refractivity contribution < 1.29 is 19.4 Å². The number of nitrogens with zero attached hydrogens (tertiary/aromatic N) is 1. The summed E-state index contributed by atoms with van der Waals surface area (Å²) in [6.45, 7) is 0. The highest BCUT2D eigenvalue weighted by molar-refractivity contribution is 7.16. The largest absolute Gasteiger partial charge is 0.497 e. The number of carbonyl (C=O) groups is 2. The zero-order valence-corrected chi connectivity index (χ0v) is 13.3. The van der Waals surface area contributed by atoms with Gasteiger partial charge in [-0.15, -0.1) is 11.3 Å². The molecule has 0 saturated heterocycles. The molecular formula is C16H16N2O4S. The van der Waals surface area contributed by atoms with Crippen LogP contribution >= 0.6 is 11.3 Å². The molecule has 7 heteroatoms. The molecule has 1 aromatic carbocycles. The number of aliphatic carboxylic acids is 1. The molecule has 1 fully saturated rings. The Bertz CT molecular complexity index is 722. The van der Waals surface area contributed by atoms with Gasteiger partial charge >= 0.3 is 5.97 Å². The van der Waals surface area contributed by atoms with E-state index in [1.54, 1.807) is 7.11 Å². The minimum atomic E-state index is -0.985. The van der Waals surface area contributed by atoms with Crippen molar-refractivity contribution in [1.29, 1.82) is 0 Å². The van der Waals surface area contributed by atoms with Gasteiger partial charge in [-0.25, -0.2) is 9.78 Å². The van der Waals surface area contributed by atoms with E-state index in [4.69, 9.17) is 4.74 Å². The third-order valence-corrected chi connectivity index (χ3v) is 4.76. The van der Waals surface area contributed by atoms with Gasteiger partial charge in [0.15, 0.2) is 0 Å². The van der Waals surface area contributed by atoms with Crippen LogP contribution in [0.4, 0.5) is 0 Å². The molecule has 1 aliphatic rings. The van der Waals surface area contributed by atoms with Gasteiger partial charge in [0.1, 0.15) is 21.7 Å². The molecular weight excluding hydrogens is 316 g/mol. The summed E-state index contributed by atoms with van der Waals surface area (Å²) in [6.07, 6.45) is 3.17. The van der Waals surface area contributed by atoms with E-state index in [0.29, 0.717) is 9.88 Å². The minimum absolute atomic E-state index is 0.0467. The van der Waals surface area contributed by atoms with Gasteiger partial charge in [-0.1, -0.05) is 0 Å². The summed E-state index contributed by atoms with van der Waals surface area (Å²) in [4.78, 5) is 28.1. The van der Waals surface area contributed by atoms with E-state index in [-0.39, 0.29) is 11.8 Å². The Morgan fingerprint density at radius 1 is 1.35 bits per heavy atom. The first-order chi connectivity index (χ1) is 11.1. The summed E-state index contributed by atoms with van der Waals surface area (Å²) in [5, 5.41) is 12.5. The fraction of sp³-hybridized carbons (Fsp3) is 0.312. The van der Waals surface area contributed by atoms with Crippen molar-refractivity contribution in [2.75, 3.05) is 7.11 Å². The number of thiazole rings is 1. The normalized spacial score (nSPS) is 15.0. The highest BCUT2D eigenvalue weighted by Gasteiger charge is 2.37. The summed E-state index contributed by atoms with van der Waals surface area (Å²) in [5.41, 5.74) is 0.881. The molecule has 2 N–H and O–H groups in total. The average Bonchev–Trinajstić information content (AvgIpc) is 3.27. The maximum Gasteiger partial charge on any atom is 0.326 e. The van der Waals surface area contributed by atoms with Crippen LogP contribution in [0.1, 0.15) is 22.5 Å². The molecule has 120 valence electrons. The van der Waals surface area contributed by atoms with E-state index in [1.165, 1.54) is 17.5 Å². The van der Waals surface area contributed by atoms with Crippen LogP contribution in [0.25, 0.3) is 10.6 Å². The lowest BCUT2D eigenvalue weighted by molar-refractivity contribution is -0.139. The Morgan fingerprint density at radius 3 is 2.61 bits per heavy atom. The summed E-state index contributed by atoms with van der Waals surface area (Å²) in [6, 6.07) is 6.57. The molecule has 0 radical (unpaired) electrons. The van der Waals surface area contributed by atoms with Gasteiger partial charge in [-0.3, -0.25) is 4.79 Å². The lowest BCUT2D eigenvalue weighted by atomic mass is 10.2. The number of carboxylic acids is 1. The summed E-state index contributed by atoms with van der Waals surface area (Å²) in [5.74, 6) is -0.579. The quantitative estimate of drug-likeness (QED) is 0.848. The van der Waals surface area contributed by atoms with Crippen LogP contribution in [0.15, 0.2) is 30.5 Å². The molecule has 23 heavy (non-hydrogen) atoms. The SMILES string of the molecule is COc1ccc(-c2ncc(C(=O)NC(C(=O)O)C3CC3)s2)cc1.